The predicted molar refractivity (Wildman–Crippen MR) is 67.2 cm³/mol. The van der Waals surface area contributed by atoms with E-state index < -0.39 is 0 Å². The van der Waals surface area contributed by atoms with Crippen molar-refractivity contribution in [2.24, 2.45) is 5.73 Å². The van der Waals surface area contributed by atoms with E-state index >= 15 is 0 Å². The zero-order valence-electron chi connectivity index (χ0n) is 10.4. The number of benzene rings is 1. The zero-order chi connectivity index (χ0) is 12.4. The van der Waals surface area contributed by atoms with Crippen LogP contribution >= 0.6 is 0 Å². The molecule has 3 heteroatoms. The number of methoxy groups -OCH3 is 1. The van der Waals surface area contributed by atoms with Crippen LogP contribution in [0.4, 0.5) is 0 Å². The Labute approximate surface area is 101 Å². The monoisotopic (exact) mass is 231 g/mol. The smallest absolute Gasteiger partial charge is 0.124 e. The molecule has 0 spiro atoms. The first kappa shape index (κ1) is 11.7. The molecule has 1 heterocycles. The SMILES string of the molecule is COc1c(C)cc(C(N)c2ccco2)cc1C. The Kier molecular flexibility index (Phi) is 3.20. The number of nitrogens with two attached hydrogens (primary N) is 1. The molecule has 0 aliphatic heterocycles. The van der Waals surface area contributed by atoms with Crippen LogP contribution in [0.15, 0.2) is 34.9 Å². The molecule has 3 nitrogen and oxygen atoms in total. The molecule has 1 atom stereocenters. The third kappa shape index (κ3) is 2.19. The van der Waals surface area contributed by atoms with Crippen LogP contribution < -0.4 is 10.5 Å². The molecule has 17 heavy (non-hydrogen) atoms. The minimum atomic E-state index is -0.228. The van der Waals surface area contributed by atoms with E-state index in [0.717, 1.165) is 28.2 Å². The first-order valence-electron chi connectivity index (χ1n) is 5.57. The van der Waals surface area contributed by atoms with Crippen LogP contribution in [0.3, 0.4) is 0 Å². The summed E-state index contributed by atoms with van der Waals surface area (Å²) in [6, 6.07) is 7.59. The van der Waals surface area contributed by atoms with Crippen LogP contribution in [-0.4, -0.2) is 7.11 Å². The highest BCUT2D eigenvalue weighted by Crippen LogP contribution is 2.28. The van der Waals surface area contributed by atoms with Gasteiger partial charge < -0.3 is 14.9 Å². The van der Waals surface area contributed by atoms with Gasteiger partial charge in [0, 0.05) is 0 Å². The maximum absolute atomic E-state index is 6.16. The summed E-state index contributed by atoms with van der Waals surface area (Å²) in [5.41, 5.74) is 9.37. The van der Waals surface area contributed by atoms with Crippen molar-refractivity contribution in [3.05, 3.63) is 53.0 Å². The van der Waals surface area contributed by atoms with Gasteiger partial charge in [-0.3, -0.25) is 0 Å². The van der Waals surface area contributed by atoms with Gasteiger partial charge in [-0.15, -0.1) is 0 Å². The zero-order valence-corrected chi connectivity index (χ0v) is 10.4. The van der Waals surface area contributed by atoms with Gasteiger partial charge in [0.1, 0.15) is 11.5 Å². The molecule has 0 saturated carbocycles. The minimum absolute atomic E-state index is 0.228. The number of hydrogen-bond acceptors (Lipinski definition) is 3. The predicted octanol–water partition coefficient (Wildman–Crippen LogP) is 2.95. The summed E-state index contributed by atoms with van der Waals surface area (Å²) in [5, 5.41) is 0. The van der Waals surface area contributed by atoms with Crippen molar-refractivity contribution in [3.8, 4) is 5.75 Å². The summed E-state index contributed by atoms with van der Waals surface area (Å²) in [6.45, 7) is 4.04. The summed E-state index contributed by atoms with van der Waals surface area (Å²) in [4.78, 5) is 0. The Morgan fingerprint density at radius 1 is 1.24 bits per heavy atom. The molecule has 1 unspecified atom stereocenters. The number of rotatable bonds is 3. The second kappa shape index (κ2) is 4.63. The molecule has 0 radical (unpaired) electrons. The molecule has 2 N–H and O–H groups in total. The van der Waals surface area contributed by atoms with Crippen LogP contribution in [-0.2, 0) is 0 Å². The molecule has 1 aromatic heterocycles. The molecule has 0 aliphatic carbocycles. The van der Waals surface area contributed by atoms with E-state index in [2.05, 4.69) is 0 Å². The quantitative estimate of drug-likeness (QED) is 0.883. The molecular formula is C14H17NO2. The molecule has 2 rings (SSSR count). The fraction of sp³-hybridized carbons (Fsp3) is 0.286. The fourth-order valence-electron chi connectivity index (χ4n) is 2.12. The van der Waals surface area contributed by atoms with Crippen LogP contribution in [0, 0.1) is 13.8 Å². The van der Waals surface area contributed by atoms with Crippen LogP contribution in [0.1, 0.15) is 28.5 Å². The molecule has 2 aromatic rings. The van der Waals surface area contributed by atoms with Gasteiger partial charge in [0.15, 0.2) is 0 Å². The Morgan fingerprint density at radius 3 is 2.35 bits per heavy atom. The minimum Gasteiger partial charge on any atom is -0.496 e. The van der Waals surface area contributed by atoms with Gasteiger partial charge in [-0.1, -0.05) is 12.1 Å². The highest BCUT2D eigenvalue weighted by molar-refractivity contribution is 5.45. The summed E-state index contributed by atoms with van der Waals surface area (Å²) in [5.74, 6) is 1.69. The Hall–Kier alpha value is -1.74. The Bertz CT molecular complexity index is 480. The summed E-state index contributed by atoms with van der Waals surface area (Å²) < 4.78 is 10.7. The lowest BCUT2D eigenvalue weighted by Crippen LogP contribution is -2.11. The largest absolute Gasteiger partial charge is 0.496 e. The van der Waals surface area contributed by atoms with E-state index in [1.807, 2.05) is 38.1 Å². The number of aryl methyl sites for hydroxylation is 2. The third-order valence-corrected chi connectivity index (χ3v) is 2.90. The number of hydrogen-bond donors (Lipinski definition) is 1. The van der Waals surface area contributed by atoms with Crippen LogP contribution in [0.5, 0.6) is 5.75 Å². The van der Waals surface area contributed by atoms with Gasteiger partial charge >= 0.3 is 0 Å². The molecule has 0 saturated heterocycles. The normalized spacial score (nSPS) is 12.5. The van der Waals surface area contributed by atoms with Crippen molar-refractivity contribution < 1.29 is 9.15 Å². The van der Waals surface area contributed by atoms with Crippen molar-refractivity contribution in [2.75, 3.05) is 7.11 Å². The van der Waals surface area contributed by atoms with Gasteiger partial charge in [-0.05, 0) is 42.7 Å². The highest BCUT2D eigenvalue weighted by Gasteiger charge is 2.14. The molecule has 0 fully saturated rings. The number of ether oxygens (including phenoxy) is 1. The second-order valence-electron chi connectivity index (χ2n) is 4.18. The molecule has 90 valence electrons. The van der Waals surface area contributed by atoms with Gasteiger partial charge in [0.2, 0.25) is 0 Å². The van der Waals surface area contributed by atoms with Gasteiger partial charge in [0.05, 0.1) is 19.4 Å². The van der Waals surface area contributed by atoms with E-state index in [1.165, 1.54) is 0 Å². The van der Waals surface area contributed by atoms with Crippen molar-refractivity contribution in [1.29, 1.82) is 0 Å². The lowest BCUT2D eigenvalue weighted by atomic mass is 9.99. The average molecular weight is 231 g/mol. The number of furan rings is 1. The fourth-order valence-corrected chi connectivity index (χ4v) is 2.12. The van der Waals surface area contributed by atoms with Crippen molar-refractivity contribution in [3.63, 3.8) is 0 Å². The second-order valence-corrected chi connectivity index (χ2v) is 4.18. The van der Waals surface area contributed by atoms with Gasteiger partial charge in [0.25, 0.3) is 0 Å². The van der Waals surface area contributed by atoms with Gasteiger partial charge in [-0.25, -0.2) is 0 Å². The third-order valence-electron chi connectivity index (χ3n) is 2.90. The Morgan fingerprint density at radius 2 is 1.88 bits per heavy atom. The maximum atomic E-state index is 6.16. The lowest BCUT2D eigenvalue weighted by molar-refractivity contribution is 0.408. The van der Waals surface area contributed by atoms with E-state index in [0.29, 0.717) is 0 Å². The molecular weight excluding hydrogens is 214 g/mol. The summed E-state index contributed by atoms with van der Waals surface area (Å²) >= 11 is 0. The van der Waals surface area contributed by atoms with Crippen LogP contribution in [0.25, 0.3) is 0 Å². The topological polar surface area (TPSA) is 48.4 Å². The lowest BCUT2D eigenvalue weighted by Gasteiger charge is -2.14. The van der Waals surface area contributed by atoms with E-state index in [4.69, 9.17) is 14.9 Å². The van der Waals surface area contributed by atoms with Crippen LogP contribution in [0.2, 0.25) is 0 Å². The first-order valence-corrected chi connectivity index (χ1v) is 5.57. The molecule has 0 bridgehead atoms. The van der Waals surface area contributed by atoms with E-state index in [-0.39, 0.29) is 6.04 Å². The average Bonchev–Trinajstić information content (AvgIpc) is 2.81. The first-order chi connectivity index (χ1) is 8.13. The summed E-state index contributed by atoms with van der Waals surface area (Å²) in [7, 11) is 1.68. The van der Waals surface area contributed by atoms with E-state index in [1.54, 1.807) is 13.4 Å². The molecule has 0 amide bonds. The molecule has 0 aliphatic rings. The standard InChI is InChI=1S/C14H17NO2/c1-9-7-11(8-10(2)14(9)16-3)13(15)12-5-4-6-17-12/h4-8,13H,15H2,1-3H3. The van der Waals surface area contributed by atoms with E-state index in [9.17, 15) is 0 Å². The van der Waals surface area contributed by atoms with Crippen molar-refractivity contribution in [2.45, 2.75) is 19.9 Å². The Balaban J connectivity index is 2.40. The van der Waals surface area contributed by atoms with Crippen molar-refractivity contribution in [1.82, 2.24) is 0 Å². The molecule has 1 aromatic carbocycles. The van der Waals surface area contributed by atoms with Gasteiger partial charge in [-0.2, -0.15) is 0 Å². The maximum Gasteiger partial charge on any atom is 0.124 e. The van der Waals surface area contributed by atoms with Crippen molar-refractivity contribution >= 4 is 0 Å². The highest BCUT2D eigenvalue weighted by atomic mass is 16.5. The summed E-state index contributed by atoms with van der Waals surface area (Å²) in [6.07, 6.45) is 1.64.